The lowest BCUT2D eigenvalue weighted by Crippen LogP contribution is -2.54. The van der Waals surface area contributed by atoms with Gasteiger partial charge in [-0.3, -0.25) is 9.59 Å². The fourth-order valence-corrected chi connectivity index (χ4v) is 10.5. The Morgan fingerprint density at radius 2 is 1.49 bits per heavy atom. The van der Waals surface area contributed by atoms with E-state index in [9.17, 15) is 19.2 Å². The molecule has 2 aromatic carbocycles. The van der Waals surface area contributed by atoms with E-state index in [1.807, 2.05) is 61.2 Å². The van der Waals surface area contributed by atoms with Crippen LogP contribution in [0.5, 0.6) is 0 Å². The maximum Gasteiger partial charge on any atom is 0.407 e. The van der Waals surface area contributed by atoms with Crippen molar-refractivity contribution in [3.8, 4) is 23.1 Å². The van der Waals surface area contributed by atoms with Crippen molar-refractivity contribution in [1.29, 1.82) is 0 Å². The largest absolute Gasteiger partial charge is 0.453 e. The van der Waals surface area contributed by atoms with E-state index in [2.05, 4.69) is 50.5 Å². The number of H-pyrrole nitrogens is 2. The van der Waals surface area contributed by atoms with Gasteiger partial charge in [-0.1, -0.05) is 50.9 Å². The number of rotatable bonds is 10. The quantitative estimate of drug-likeness (QED) is 0.122. The van der Waals surface area contributed by atoms with Crippen LogP contribution in [0.4, 0.5) is 9.59 Å². The third kappa shape index (κ3) is 9.16. The minimum Gasteiger partial charge on any atom is -0.453 e. The molecule has 302 valence electrons. The molecule has 2 fully saturated rings. The third-order valence-corrected chi connectivity index (χ3v) is 13.5. The second-order valence-corrected chi connectivity index (χ2v) is 20.9. The molecule has 6 rings (SSSR count). The Balaban J connectivity index is 1.14. The van der Waals surface area contributed by atoms with Gasteiger partial charge < -0.3 is 44.6 Å². The molecule has 16 heteroatoms. The van der Waals surface area contributed by atoms with E-state index in [-0.39, 0.29) is 29.8 Å². The van der Waals surface area contributed by atoms with E-state index in [4.69, 9.17) is 19.2 Å². The fraction of sp³-hybridized carbons (Fsp3) is 0.463. The first kappa shape index (κ1) is 41.0. The molecule has 15 nitrogen and oxygen atoms in total. The van der Waals surface area contributed by atoms with Crippen LogP contribution in [-0.2, 0) is 23.8 Å². The fourth-order valence-electron chi connectivity index (χ4n) is 7.61. The molecule has 57 heavy (non-hydrogen) atoms. The van der Waals surface area contributed by atoms with Gasteiger partial charge in [0, 0.05) is 30.9 Å². The van der Waals surface area contributed by atoms with Gasteiger partial charge in [-0.15, -0.1) is 0 Å². The van der Waals surface area contributed by atoms with E-state index in [1.54, 1.807) is 18.0 Å². The van der Waals surface area contributed by atoms with Crippen LogP contribution in [0.3, 0.4) is 0 Å². The van der Waals surface area contributed by atoms with Crippen LogP contribution in [0.1, 0.15) is 68.5 Å². The van der Waals surface area contributed by atoms with Gasteiger partial charge in [0.2, 0.25) is 11.8 Å². The van der Waals surface area contributed by atoms with Crippen LogP contribution in [0.2, 0.25) is 19.1 Å². The van der Waals surface area contributed by atoms with Crippen LogP contribution in [0.15, 0.2) is 48.7 Å². The number of hydrogen-bond acceptors (Lipinski definition) is 9. The number of aromatic nitrogens is 4. The predicted molar refractivity (Wildman–Crippen MR) is 216 cm³/mol. The summed E-state index contributed by atoms with van der Waals surface area (Å²) in [6.07, 6.45) is 2.08. The van der Waals surface area contributed by atoms with Crippen molar-refractivity contribution in [3.63, 3.8) is 0 Å². The molecule has 0 bridgehead atoms. The van der Waals surface area contributed by atoms with E-state index in [1.165, 1.54) is 21.3 Å². The summed E-state index contributed by atoms with van der Waals surface area (Å²) in [5, 5.41) is 5.34. The highest BCUT2D eigenvalue weighted by Gasteiger charge is 2.46. The number of methoxy groups -OCH3 is 3. The predicted octanol–water partition coefficient (Wildman–Crippen LogP) is 5.29. The number of carbonyl (C=O) groups is 4. The molecular formula is C41H52N8O7Si. The Hall–Kier alpha value is -5.66. The Morgan fingerprint density at radius 3 is 2.16 bits per heavy atom. The molecule has 4 N–H and O–H groups in total. The van der Waals surface area contributed by atoms with Gasteiger partial charge in [-0.25, -0.2) is 19.6 Å². The molecule has 4 heterocycles. The summed E-state index contributed by atoms with van der Waals surface area (Å²) in [5.41, 5.74) is 5.01. The molecule has 5 unspecified atom stereocenters. The molecule has 5 atom stereocenters. The van der Waals surface area contributed by atoms with Gasteiger partial charge in [0.1, 0.15) is 23.7 Å². The topological polar surface area (TPSA) is 184 Å². The monoisotopic (exact) mass is 796 g/mol. The van der Waals surface area contributed by atoms with Crippen molar-refractivity contribution in [2.45, 2.75) is 83.0 Å². The van der Waals surface area contributed by atoms with Crippen molar-refractivity contribution in [3.05, 3.63) is 71.4 Å². The molecule has 4 amide bonds. The summed E-state index contributed by atoms with van der Waals surface area (Å²) in [5.74, 6) is 7.42. The minimum absolute atomic E-state index is 0.121. The van der Waals surface area contributed by atoms with Crippen LogP contribution in [-0.4, -0.2) is 114 Å². The van der Waals surface area contributed by atoms with Crippen LogP contribution in [0.25, 0.3) is 22.3 Å². The maximum atomic E-state index is 13.9. The molecular weight excluding hydrogens is 745 g/mol. The number of fused-ring (bicyclic) bond motifs is 1. The first-order valence-electron chi connectivity index (χ1n) is 19.2. The van der Waals surface area contributed by atoms with Crippen LogP contribution in [0, 0.1) is 17.8 Å². The van der Waals surface area contributed by atoms with Crippen LogP contribution >= 0.6 is 0 Å². The first-order chi connectivity index (χ1) is 27.2. The Morgan fingerprint density at radius 1 is 0.842 bits per heavy atom. The summed E-state index contributed by atoms with van der Waals surface area (Å²) in [6.45, 7) is 10.6. The molecule has 2 aliphatic heterocycles. The average molecular weight is 797 g/mol. The number of ether oxygens (including phenoxy) is 3. The zero-order valence-electron chi connectivity index (χ0n) is 33.8. The number of aromatic amines is 2. The summed E-state index contributed by atoms with van der Waals surface area (Å²) in [6, 6.07) is 12.5. The number of amides is 4. The summed E-state index contributed by atoms with van der Waals surface area (Å²) in [4.78, 5) is 71.6. The van der Waals surface area contributed by atoms with Crippen molar-refractivity contribution < 1.29 is 33.4 Å². The highest BCUT2D eigenvalue weighted by atomic mass is 28.3. The van der Waals surface area contributed by atoms with Gasteiger partial charge in [-0.2, -0.15) is 0 Å². The standard InChI is InChI=1S/C41H52N8O7Si/c1-24(2)34(46-40(52)55-5)38(50)49-23-57(7,8)22-33(49)37-43-29-18-15-27(20-30(29)44-37)12-11-26-13-16-28(17-14-26)31-21-42-36(45-31)32-10-9-19-48(32)39(51)35(25(3)54-4)47-41(53)56-6/h13-18,20-21,24-25,32-35H,9-10,19,22-23H2,1-8H3,(H,42,45)(H,43,44)(H,46,52)(H,47,53). The zero-order valence-corrected chi connectivity index (χ0v) is 34.8. The van der Waals surface area contributed by atoms with Gasteiger partial charge in [0.25, 0.3) is 0 Å². The summed E-state index contributed by atoms with van der Waals surface area (Å²) < 4.78 is 14.9. The van der Waals surface area contributed by atoms with Crippen molar-refractivity contribution in [2.24, 2.45) is 5.92 Å². The smallest absolute Gasteiger partial charge is 0.407 e. The Bertz CT molecular complexity index is 2170. The first-order valence-corrected chi connectivity index (χ1v) is 22.6. The molecule has 4 aromatic rings. The minimum atomic E-state index is -1.76. The highest BCUT2D eigenvalue weighted by Crippen LogP contribution is 2.38. The molecule has 2 saturated heterocycles. The maximum absolute atomic E-state index is 13.9. The highest BCUT2D eigenvalue weighted by molar-refractivity contribution is 6.78. The van der Waals surface area contributed by atoms with E-state index in [0.29, 0.717) is 18.5 Å². The molecule has 0 saturated carbocycles. The number of carbonyl (C=O) groups excluding carboxylic acids is 4. The lowest BCUT2D eigenvalue weighted by molar-refractivity contribution is -0.137. The normalized spacial score (nSPS) is 19.1. The number of alkyl carbamates (subject to hydrolysis) is 2. The number of likely N-dealkylation sites (tertiary alicyclic amines) is 1. The van der Waals surface area contributed by atoms with E-state index >= 15 is 0 Å². The summed E-state index contributed by atoms with van der Waals surface area (Å²) >= 11 is 0. The van der Waals surface area contributed by atoms with Gasteiger partial charge >= 0.3 is 12.2 Å². The Labute approximate surface area is 333 Å². The van der Waals surface area contributed by atoms with E-state index < -0.39 is 38.4 Å². The van der Waals surface area contributed by atoms with E-state index in [0.717, 1.165) is 58.1 Å². The zero-order chi connectivity index (χ0) is 41.0. The number of benzene rings is 2. The van der Waals surface area contributed by atoms with Gasteiger partial charge in [0.05, 0.1) is 63.4 Å². The van der Waals surface area contributed by atoms with Crippen LogP contribution < -0.4 is 10.6 Å². The Kier molecular flexibility index (Phi) is 12.4. The van der Waals surface area contributed by atoms with Crippen molar-refractivity contribution >= 4 is 43.1 Å². The van der Waals surface area contributed by atoms with Gasteiger partial charge in [0.15, 0.2) is 0 Å². The SMILES string of the molecule is COC(=O)NC(C(=O)N1C[Si](C)(C)CC1c1nc2ccc(C#Cc3ccc(-c4cnc(C5CCCN5C(=O)C(NC(=O)OC)C(C)OC)[nH]4)cc3)cc2[nH]1)C(C)C. The van der Waals surface area contributed by atoms with Crippen molar-refractivity contribution in [2.75, 3.05) is 34.0 Å². The lowest BCUT2D eigenvalue weighted by Gasteiger charge is -2.30. The number of hydrogen-bond donors (Lipinski definition) is 4. The molecule has 0 radical (unpaired) electrons. The molecule has 2 aliphatic rings. The number of imidazole rings is 2. The second kappa shape index (κ2) is 17.2. The summed E-state index contributed by atoms with van der Waals surface area (Å²) in [7, 11) is 2.28. The average Bonchev–Trinajstić information content (AvgIpc) is 4.02. The van der Waals surface area contributed by atoms with Crippen molar-refractivity contribution in [1.82, 2.24) is 40.4 Å². The number of nitrogens with one attached hydrogen (secondary N) is 4. The lowest BCUT2D eigenvalue weighted by atomic mass is 10.0. The molecule has 2 aromatic heterocycles. The molecule has 0 aliphatic carbocycles. The second-order valence-electron chi connectivity index (χ2n) is 15.8. The number of nitrogens with zero attached hydrogens (tertiary/aromatic N) is 4. The third-order valence-electron chi connectivity index (χ3n) is 10.8. The van der Waals surface area contributed by atoms with Gasteiger partial charge in [-0.05, 0) is 67.6 Å². The molecule has 0 spiro atoms.